The summed E-state index contributed by atoms with van der Waals surface area (Å²) >= 11 is 0. The molecule has 0 bridgehead atoms. The van der Waals surface area contributed by atoms with Gasteiger partial charge in [0.2, 0.25) is 0 Å². The summed E-state index contributed by atoms with van der Waals surface area (Å²) in [5, 5.41) is 11.1. The Kier molecular flexibility index (Phi) is 3.10. The number of nitrogens with zero attached hydrogens (tertiary/aromatic N) is 4. The van der Waals surface area contributed by atoms with E-state index in [1.807, 2.05) is 43.6 Å². The van der Waals surface area contributed by atoms with E-state index in [-0.39, 0.29) is 5.91 Å². The first-order valence-corrected chi connectivity index (χ1v) is 9.10. The van der Waals surface area contributed by atoms with Crippen LogP contribution in [-0.2, 0) is 22.8 Å². The van der Waals surface area contributed by atoms with E-state index in [2.05, 4.69) is 21.0 Å². The van der Waals surface area contributed by atoms with Gasteiger partial charge in [0.15, 0.2) is 16.0 Å². The number of aromatic nitrogens is 4. The number of hydrogen-bond acceptors (Lipinski definition) is 4. The number of carbonyl (C=O) groups excluding carboxylic acids is 1. The molecule has 2 aromatic carbocycles. The summed E-state index contributed by atoms with van der Waals surface area (Å²) in [6.45, 7) is 0. The van der Waals surface area contributed by atoms with Gasteiger partial charge < -0.3 is 0 Å². The third-order valence-corrected chi connectivity index (χ3v) is 5.45. The molecule has 26 heavy (non-hydrogen) atoms. The Balaban J connectivity index is 1.67. The van der Waals surface area contributed by atoms with Crippen LogP contribution >= 0.6 is 0 Å². The van der Waals surface area contributed by atoms with Crippen molar-refractivity contribution in [3.63, 3.8) is 0 Å². The van der Waals surface area contributed by atoms with Crippen molar-refractivity contribution in [1.29, 1.82) is 0 Å². The predicted molar refractivity (Wildman–Crippen MR) is 100.0 cm³/mol. The van der Waals surface area contributed by atoms with Gasteiger partial charge in [-0.3, -0.25) is 14.2 Å². The van der Waals surface area contributed by atoms with Crippen molar-refractivity contribution in [3.8, 4) is 11.1 Å². The minimum Gasteiger partial charge on any atom is -0.275 e. The molecule has 1 unspecified atom stereocenters. The first-order chi connectivity index (χ1) is 12.6. The third-order valence-electron chi connectivity index (χ3n) is 4.39. The second-order valence-corrected chi connectivity index (χ2v) is 7.25. The quantitative estimate of drug-likeness (QED) is 0.592. The Bertz CT molecular complexity index is 1270. The normalized spacial score (nSPS) is 17.0. The lowest BCUT2D eigenvalue weighted by molar-refractivity contribution is -0.114. The van der Waals surface area contributed by atoms with Crippen LogP contribution < -0.4 is 4.72 Å². The van der Waals surface area contributed by atoms with E-state index in [1.54, 1.807) is 10.9 Å². The van der Waals surface area contributed by atoms with Crippen LogP contribution in [0.5, 0.6) is 0 Å². The van der Waals surface area contributed by atoms with Crippen LogP contribution in [0.2, 0.25) is 0 Å². The summed E-state index contributed by atoms with van der Waals surface area (Å²) in [6.07, 6.45) is 5.03. The first-order valence-electron chi connectivity index (χ1n) is 7.95. The molecular formula is C18H13N5O2S. The van der Waals surface area contributed by atoms with Gasteiger partial charge in [-0.25, -0.2) is 8.89 Å². The van der Waals surface area contributed by atoms with E-state index >= 15 is 0 Å². The van der Waals surface area contributed by atoms with Crippen LogP contribution in [0, 0.1) is 0 Å². The maximum atomic E-state index is 12.0. The maximum absolute atomic E-state index is 12.0. The average Bonchev–Trinajstić information content (AvgIpc) is 3.29. The zero-order chi connectivity index (χ0) is 17.8. The molecule has 0 spiro atoms. The van der Waals surface area contributed by atoms with Gasteiger partial charge in [-0.15, -0.1) is 0 Å². The largest absolute Gasteiger partial charge is 0.275 e. The average molecular weight is 363 g/mol. The number of rotatable bonds is 2. The number of hydrogen-bond donors (Lipinski definition) is 1. The number of amides is 1. The molecule has 0 saturated carbocycles. The number of carbonyl (C=O) groups is 1. The molecule has 5 rings (SSSR count). The lowest BCUT2D eigenvalue weighted by Gasteiger charge is -2.05. The van der Waals surface area contributed by atoms with Crippen molar-refractivity contribution in [2.45, 2.75) is 0 Å². The van der Waals surface area contributed by atoms with Gasteiger partial charge >= 0.3 is 0 Å². The molecule has 1 N–H and O–H groups in total. The monoisotopic (exact) mass is 363 g/mol. The maximum Gasteiger partial charge on any atom is 0.258 e. The highest BCUT2D eigenvalue weighted by Crippen LogP contribution is 2.31. The Morgan fingerprint density at radius 1 is 1.19 bits per heavy atom. The molecule has 0 aliphatic carbocycles. The highest BCUT2D eigenvalue weighted by molar-refractivity contribution is 7.93. The predicted octanol–water partition coefficient (Wildman–Crippen LogP) is 2.18. The van der Waals surface area contributed by atoms with Crippen LogP contribution in [0.3, 0.4) is 0 Å². The first kappa shape index (κ1) is 15.0. The zero-order valence-electron chi connectivity index (χ0n) is 13.7. The van der Waals surface area contributed by atoms with Crippen molar-refractivity contribution >= 4 is 43.7 Å². The van der Waals surface area contributed by atoms with Crippen molar-refractivity contribution in [1.82, 2.24) is 24.3 Å². The molecule has 8 heteroatoms. The highest BCUT2D eigenvalue weighted by Gasteiger charge is 2.23. The fourth-order valence-electron chi connectivity index (χ4n) is 3.27. The van der Waals surface area contributed by atoms with E-state index in [9.17, 15) is 9.00 Å². The van der Waals surface area contributed by atoms with Crippen LogP contribution in [0.15, 0.2) is 54.9 Å². The summed E-state index contributed by atoms with van der Waals surface area (Å²) in [7, 11) is 0.322. The Hall–Kier alpha value is -3.26. The summed E-state index contributed by atoms with van der Waals surface area (Å²) in [4.78, 5) is 11.4. The van der Waals surface area contributed by atoms with Gasteiger partial charge in [-0.2, -0.15) is 10.2 Å². The van der Waals surface area contributed by atoms with E-state index in [0.29, 0.717) is 5.03 Å². The number of benzene rings is 2. The van der Waals surface area contributed by atoms with Gasteiger partial charge in [0, 0.05) is 30.1 Å². The Morgan fingerprint density at radius 3 is 2.88 bits per heavy atom. The van der Waals surface area contributed by atoms with E-state index in [1.165, 1.54) is 10.8 Å². The molecule has 1 aliphatic rings. The van der Waals surface area contributed by atoms with Crippen molar-refractivity contribution < 1.29 is 9.00 Å². The third kappa shape index (κ3) is 2.19. The van der Waals surface area contributed by atoms with Gasteiger partial charge in [0.25, 0.3) is 5.91 Å². The van der Waals surface area contributed by atoms with Gasteiger partial charge in [-0.1, -0.05) is 18.2 Å². The van der Waals surface area contributed by atoms with E-state index in [4.69, 9.17) is 0 Å². The van der Waals surface area contributed by atoms with Crippen molar-refractivity contribution in [2.75, 3.05) is 0 Å². The van der Waals surface area contributed by atoms with E-state index < -0.39 is 11.0 Å². The second-order valence-electron chi connectivity index (χ2n) is 6.09. The van der Waals surface area contributed by atoms with Crippen LogP contribution in [-0.4, -0.2) is 29.7 Å². The SMILES string of the molecule is Cn1cc2c(-c3ccc4c(cnn4C4=CC(=O)NS4=O)c3)cccc2n1. The van der Waals surface area contributed by atoms with Crippen LogP contribution in [0.25, 0.3) is 38.0 Å². The van der Waals surface area contributed by atoms with Crippen LogP contribution in [0.1, 0.15) is 0 Å². The number of nitrogens with one attached hydrogen (secondary N) is 1. The zero-order valence-corrected chi connectivity index (χ0v) is 14.5. The van der Waals surface area contributed by atoms with Crippen molar-refractivity contribution in [2.24, 2.45) is 7.05 Å². The molecule has 0 radical (unpaired) electrons. The van der Waals surface area contributed by atoms with Crippen molar-refractivity contribution in [3.05, 3.63) is 54.9 Å². The highest BCUT2D eigenvalue weighted by atomic mass is 32.2. The summed E-state index contributed by atoms with van der Waals surface area (Å²) in [5.74, 6) is -0.373. The standard InChI is InChI=1S/C18H13N5O2S/c1-22-10-14-13(3-2-4-15(14)20-22)11-5-6-16-12(7-11)9-19-23(16)18-8-17(24)21-26(18)25/h2-10H,1H3,(H,21,24). The molecule has 1 aliphatic heterocycles. The Labute approximate surface area is 150 Å². The molecular weight excluding hydrogens is 350 g/mol. The molecule has 0 fully saturated rings. The molecule has 4 aromatic rings. The molecule has 0 saturated heterocycles. The molecule has 2 aromatic heterocycles. The minimum atomic E-state index is -1.58. The summed E-state index contributed by atoms with van der Waals surface area (Å²) in [5.41, 5.74) is 3.87. The second kappa shape index (κ2) is 5.37. The Morgan fingerprint density at radius 2 is 2.08 bits per heavy atom. The molecule has 7 nitrogen and oxygen atoms in total. The molecule has 1 atom stereocenters. The van der Waals surface area contributed by atoms with Gasteiger partial charge in [0.1, 0.15) is 0 Å². The molecule has 3 heterocycles. The van der Waals surface area contributed by atoms with Gasteiger partial charge in [-0.05, 0) is 29.3 Å². The van der Waals surface area contributed by atoms with Crippen LogP contribution in [0.4, 0.5) is 0 Å². The lowest BCUT2D eigenvalue weighted by Crippen LogP contribution is -2.17. The fourth-order valence-corrected chi connectivity index (χ4v) is 4.13. The number of fused-ring (bicyclic) bond motifs is 2. The number of aryl methyl sites for hydroxylation is 1. The summed E-state index contributed by atoms with van der Waals surface area (Å²) in [6, 6.07) is 12.0. The van der Waals surface area contributed by atoms with E-state index in [0.717, 1.165) is 32.9 Å². The minimum absolute atomic E-state index is 0.340. The lowest BCUT2D eigenvalue weighted by atomic mass is 10.0. The smallest absolute Gasteiger partial charge is 0.258 e. The molecule has 128 valence electrons. The molecule has 1 amide bonds. The topological polar surface area (TPSA) is 81.8 Å². The summed E-state index contributed by atoms with van der Waals surface area (Å²) < 4.78 is 17.7. The fraction of sp³-hybridized carbons (Fsp3) is 0.0556. The van der Waals surface area contributed by atoms with Gasteiger partial charge in [0.05, 0.1) is 17.2 Å².